The number of para-hydroxylation sites is 3. The van der Waals surface area contributed by atoms with Crippen molar-refractivity contribution in [3.05, 3.63) is 151 Å². The summed E-state index contributed by atoms with van der Waals surface area (Å²) in [5, 5.41) is 7.67. The third-order valence-corrected chi connectivity index (χ3v) is 11.9. The predicted molar refractivity (Wildman–Crippen MR) is 204 cm³/mol. The van der Waals surface area contributed by atoms with Crippen LogP contribution in [0.25, 0.3) is 91.9 Å². The summed E-state index contributed by atoms with van der Waals surface area (Å²) in [5.74, 6) is 0. The van der Waals surface area contributed by atoms with Crippen LogP contribution in [0.5, 0.6) is 0 Å². The van der Waals surface area contributed by atoms with Gasteiger partial charge >= 0.3 is 0 Å². The van der Waals surface area contributed by atoms with Gasteiger partial charge in [0.05, 0.1) is 21.4 Å². The van der Waals surface area contributed by atoms with E-state index in [0.717, 1.165) is 21.9 Å². The van der Waals surface area contributed by atoms with E-state index in [2.05, 4.69) is 152 Å². The molecule has 48 heavy (non-hydrogen) atoms. The Kier molecular flexibility index (Phi) is 5.09. The van der Waals surface area contributed by atoms with Gasteiger partial charge in [-0.25, -0.2) is 0 Å². The highest BCUT2D eigenvalue weighted by Crippen LogP contribution is 2.59. The maximum atomic E-state index is 6.22. The van der Waals surface area contributed by atoms with Crippen LogP contribution in [0.2, 0.25) is 0 Å². The fourth-order valence-electron chi connectivity index (χ4n) is 8.75. The molecular weight excluding hydrogens is 603 g/mol. The van der Waals surface area contributed by atoms with Crippen LogP contribution < -0.4 is 0 Å². The van der Waals surface area contributed by atoms with Crippen LogP contribution in [0.15, 0.2) is 144 Å². The monoisotopic (exact) mass is 631 g/mol. The number of nitrogens with zero attached hydrogens (tertiary/aromatic N) is 1. The Morgan fingerprint density at radius 3 is 2.17 bits per heavy atom. The standard InChI is InChI=1S/C45H29NOS/c1-45(2)33-18-8-3-15-29(33)39-40-31-17-7-12-22-38(31)48-44(40)43-41(42(39)45)30-16-5-10-20-35(30)46(43)34-19-9-4-13-27(34)26-23-24-37-32(25-26)28-14-6-11-21-36(28)47-37/h3-25H,1-2H3. The quantitative estimate of drug-likeness (QED) is 0.186. The zero-order valence-electron chi connectivity index (χ0n) is 26.5. The maximum absolute atomic E-state index is 6.22. The molecule has 0 atom stereocenters. The van der Waals surface area contributed by atoms with Gasteiger partial charge in [-0.1, -0.05) is 117 Å². The number of fused-ring (bicyclic) bond motifs is 15. The second-order valence-electron chi connectivity index (χ2n) is 13.6. The fourth-order valence-corrected chi connectivity index (χ4v) is 10.0. The molecule has 0 amide bonds. The van der Waals surface area contributed by atoms with E-state index in [-0.39, 0.29) is 5.41 Å². The molecule has 7 aromatic carbocycles. The number of rotatable bonds is 2. The smallest absolute Gasteiger partial charge is 0.135 e. The molecule has 1 aliphatic carbocycles. The zero-order valence-corrected chi connectivity index (χ0v) is 27.4. The van der Waals surface area contributed by atoms with Crippen LogP contribution >= 0.6 is 11.3 Å². The van der Waals surface area contributed by atoms with Crippen LogP contribution in [0.4, 0.5) is 0 Å². The van der Waals surface area contributed by atoms with Crippen LogP contribution in [0, 0.1) is 0 Å². The van der Waals surface area contributed by atoms with Crippen molar-refractivity contribution >= 4 is 75.3 Å². The summed E-state index contributed by atoms with van der Waals surface area (Å²) in [6.07, 6.45) is 0. The molecule has 2 nitrogen and oxygen atoms in total. The molecule has 0 saturated heterocycles. The summed E-state index contributed by atoms with van der Waals surface area (Å²) < 4.78 is 11.5. The topological polar surface area (TPSA) is 18.1 Å². The molecule has 11 rings (SSSR count). The van der Waals surface area contributed by atoms with Crippen LogP contribution in [0.1, 0.15) is 25.0 Å². The molecule has 3 heterocycles. The van der Waals surface area contributed by atoms with Crippen LogP contribution in [-0.4, -0.2) is 4.57 Å². The lowest BCUT2D eigenvalue weighted by Crippen LogP contribution is -2.15. The largest absolute Gasteiger partial charge is 0.456 e. The molecule has 0 N–H and O–H groups in total. The average Bonchev–Trinajstić information content (AvgIpc) is 3.85. The minimum atomic E-state index is -0.163. The van der Waals surface area contributed by atoms with Gasteiger partial charge in [-0.3, -0.25) is 0 Å². The summed E-state index contributed by atoms with van der Waals surface area (Å²) in [6.45, 7) is 4.84. The summed E-state index contributed by atoms with van der Waals surface area (Å²) in [7, 11) is 0. The number of thiophene rings is 1. The Morgan fingerprint density at radius 2 is 1.27 bits per heavy atom. The van der Waals surface area contributed by atoms with Crippen molar-refractivity contribution in [2.75, 3.05) is 0 Å². The molecule has 0 radical (unpaired) electrons. The van der Waals surface area contributed by atoms with Gasteiger partial charge in [-0.05, 0) is 64.2 Å². The molecule has 226 valence electrons. The third-order valence-electron chi connectivity index (χ3n) is 10.8. The van der Waals surface area contributed by atoms with Gasteiger partial charge < -0.3 is 8.98 Å². The minimum Gasteiger partial charge on any atom is -0.456 e. The molecule has 0 saturated carbocycles. The van der Waals surface area contributed by atoms with Crippen LogP contribution in [-0.2, 0) is 5.41 Å². The summed E-state index contributed by atoms with van der Waals surface area (Å²) in [5.41, 5.74) is 13.4. The normalized spacial score (nSPS) is 13.8. The van der Waals surface area contributed by atoms with Gasteiger partial charge in [0.15, 0.2) is 0 Å². The van der Waals surface area contributed by atoms with Crippen molar-refractivity contribution in [1.82, 2.24) is 4.57 Å². The van der Waals surface area contributed by atoms with E-state index in [1.165, 1.54) is 81.0 Å². The van der Waals surface area contributed by atoms with Gasteiger partial charge in [0.2, 0.25) is 0 Å². The van der Waals surface area contributed by atoms with E-state index in [4.69, 9.17) is 4.42 Å². The molecule has 0 fully saturated rings. The average molecular weight is 632 g/mol. The second kappa shape index (κ2) is 9.25. The van der Waals surface area contributed by atoms with Crippen LogP contribution in [0.3, 0.4) is 0 Å². The van der Waals surface area contributed by atoms with Crippen molar-refractivity contribution in [2.24, 2.45) is 0 Å². The molecule has 1 aliphatic rings. The summed E-state index contributed by atoms with van der Waals surface area (Å²) >= 11 is 1.93. The van der Waals surface area contributed by atoms with Crippen molar-refractivity contribution in [1.29, 1.82) is 0 Å². The van der Waals surface area contributed by atoms with E-state index >= 15 is 0 Å². The number of benzene rings is 7. The van der Waals surface area contributed by atoms with Gasteiger partial charge in [0.1, 0.15) is 11.2 Å². The highest BCUT2D eigenvalue weighted by Gasteiger charge is 2.40. The van der Waals surface area contributed by atoms with Crippen molar-refractivity contribution in [3.63, 3.8) is 0 Å². The Morgan fingerprint density at radius 1 is 0.583 bits per heavy atom. The molecule has 0 spiro atoms. The molecule has 10 aromatic rings. The van der Waals surface area contributed by atoms with Crippen molar-refractivity contribution in [2.45, 2.75) is 19.3 Å². The molecule has 0 aliphatic heterocycles. The molecular formula is C45H29NOS. The van der Waals surface area contributed by atoms with E-state index in [0.29, 0.717) is 0 Å². The first-order valence-electron chi connectivity index (χ1n) is 16.6. The molecule has 3 aromatic heterocycles. The molecule has 0 unspecified atom stereocenters. The SMILES string of the molecule is CC1(C)c2ccccc2-c2c1c1c3ccccc3n(-c3ccccc3-c3ccc4oc5ccccc5c4c3)c1c1sc3ccccc3c21. The maximum Gasteiger partial charge on any atom is 0.135 e. The first-order chi connectivity index (χ1) is 23.6. The van der Waals surface area contributed by atoms with E-state index in [9.17, 15) is 0 Å². The minimum absolute atomic E-state index is 0.163. The van der Waals surface area contributed by atoms with Gasteiger partial charge in [0.25, 0.3) is 0 Å². The zero-order chi connectivity index (χ0) is 31.7. The Hall–Kier alpha value is -5.64. The molecule has 0 bridgehead atoms. The predicted octanol–water partition coefficient (Wildman–Crippen LogP) is 13.0. The highest BCUT2D eigenvalue weighted by atomic mass is 32.1. The first-order valence-corrected chi connectivity index (χ1v) is 17.4. The van der Waals surface area contributed by atoms with Crippen molar-refractivity contribution in [3.8, 4) is 27.9 Å². The fraction of sp³-hybridized carbons (Fsp3) is 0.0667. The lowest BCUT2D eigenvalue weighted by atomic mass is 9.80. The molecule has 3 heteroatoms. The lowest BCUT2D eigenvalue weighted by Gasteiger charge is -2.23. The number of hydrogen-bond donors (Lipinski definition) is 0. The van der Waals surface area contributed by atoms with E-state index in [1.807, 2.05) is 17.4 Å². The third kappa shape index (κ3) is 3.27. The van der Waals surface area contributed by atoms with Crippen molar-refractivity contribution < 1.29 is 4.42 Å². The van der Waals surface area contributed by atoms with Gasteiger partial charge in [-0.2, -0.15) is 0 Å². The first kappa shape index (κ1) is 26.4. The van der Waals surface area contributed by atoms with Gasteiger partial charge in [0, 0.05) is 48.0 Å². The second-order valence-corrected chi connectivity index (χ2v) is 14.7. The number of furan rings is 1. The summed E-state index contributed by atoms with van der Waals surface area (Å²) in [4.78, 5) is 0. The number of aromatic nitrogens is 1. The Bertz CT molecular complexity index is 2990. The Labute approximate surface area is 281 Å². The Balaban J connectivity index is 1.33. The lowest BCUT2D eigenvalue weighted by molar-refractivity contribution is 0.667. The van der Waals surface area contributed by atoms with Gasteiger partial charge in [-0.15, -0.1) is 11.3 Å². The van der Waals surface area contributed by atoms with E-state index < -0.39 is 0 Å². The highest BCUT2D eigenvalue weighted by molar-refractivity contribution is 7.26. The number of hydrogen-bond acceptors (Lipinski definition) is 2. The van der Waals surface area contributed by atoms with E-state index in [1.54, 1.807) is 0 Å². The summed E-state index contributed by atoms with van der Waals surface area (Å²) in [6, 6.07) is 51.0.